The zero-order valence-electron chi connectivity index (χ0n) is 21.2. The Morgan fingerprint density at radius 2 is 1.26 bits per heavy atom. The Bertz CT molecular complexity index is 855. The van der Waals surface area contributed by atoms with Crippen LogP contribution in [0.4, 0.5) is 8.78 Å². The molecule has 2 heteroatoms. The first kappa shape index (κ1) is 25.4. The highest BCUT2D eigenvalue weighted by Crippen LogP contribution is 2.40. The maximum absolute atomic E-state index is 15.1. The number of hydrogen-bond acceptors (Lipinski definition) is 0. The highest BCUT2D eigenvalue weighted by atomic mass is 19.1. The van der Waals surface area contributed by atoms with Gasteiger partial charge in [0.15, 0.2) is 0 Å². The molecule has 0 spiro atoms. The van der Waals surface area contributed by atoms with Crippen molar-refractivity contribution in [2.45, 2.75) is 109 Å². The molecule has 0 aliphatic heterocycles. The fourth-order valence-corrected chi connectivity index (χ4v) is 6.64. The highest BCUT2D eigenvalue weighted by molar-refractivity contribution is 5.65. The normalized spacial score (nSPS) is 25.4. The van der Waals surface area contributed by atoms with Crippen molar-refractivity contribution in [3.05, 3.63) is 59.4 Å². The summed E-state index contributed by atoms with van der Waals surface area (Å²) < 4.78 is 27.4. The molecular weight excluding hydrogens is 422 g/mol. The first-order valence-electron chi connectivity index (χ1n) is 14.1. The Labute approximate surface area is 206 Å². The first-order valence-corrected chi connectivity index (χ1v) is 14.1. The minimum Gasteiger partial charge on any atom is -0.251 e. The molecule has 2 fully saturated rings. The molecule has 0 nitrogen and oxygen atoms in total. The van der Waals surface area contributed by atoms with Gasteiger partial charge in [-0.2, -0.15) is 0 Å². The third-order valence-corrected chi connectivity index (χ3v) is 8.79. The van der Waals surface area contributed by atoms with Crippen molar-refractivity contribution in [1.82, 2.24) is 0 Å². The zero-order valence-corrected chi connectivity index (χ0v) is 21.2. The molecule has 0 aromatic heterocycles. The molecule has 0 heterocycles. The van der Waals surface area contributed by atoms with E-state index in [0.29, 0.717) is 18.3 Å². The highest BCUT2D eigenvalue weighted by Gasteiger charge is 2.24. The molecule has 186 valence electrons. The molecule has 2 aliphatic rings. The van der Waals surface area contributed by atoms with Crippen molar-refractivity contribution in [3.8, 4) is 11.1 Å². The zero-order chi connectivity index (χ0) is 23.8. The van der Waals surface area contributed by atoms with Gasteiger partial charge < -0.3 is 0 Å². The van der Waals surface area contributed by atoms with Gasteiger partial charge in [-0.25, -0.2) is 4.39 Å². The van der Waals surface area contributed by atoms with E-state index in [1.807, 2.05) is 6.07 Å². The summed E-state index contributed by atoms with van der Waals surface area (Å²) in [5.74, 6) is 2.78. The number of alkyl halides is 1. The molecule has 0 saturated heterocycles. The average Bonchev–Trinajstić information content (AvgIpc) is 2.88. The molecule has 2 saturated carbocycles. The van der Waals surface area contributed by atoms with Gasteiger partial charge in [0.1, 0.15) is 5.82 Å². The topological polar surface area (TPSA) is 0 Å². The lowest BCUT2D eigenvalue weighted by Crippen LogP contribution is -2.13. The maximum atomic E-state index is 15.1. The van der Waals surface area contributed by atoms with Crippen LogP contribution in [-0.2, 0) is 0 Å². The standard InChI is InChI=1S/C32H44F2/c1-2-6-24-8-12-26(13-9-24)27-16-18-29(19-17-27)31-21-20-30(23-32(31)34)28-14-10-25(11-15-28)7-4-3-5-22-33/h16-21,23-26,28H,2-15,22H2,1H3/t24-,25-,26-,28-. The van der Waals surface area contributed by atoms with Crippen molar-refractivity contribution in [1.29, 1.82) is 0 Å². The van der Waals surface area contributed by atoms with Crippen LogP contribution < -0.4 is 0 Å². The van der Waals surface area contributed by atoms with E-state index >= 15 is 4.39 Å². The third kappa shape index (κ3) is 6.70. The number of benzene rings is 2. The van der Waals surface area contributed by atoms with E-state index in [1.54, 1.807) is 6.07 Å². The van der Waals surface area contributed by atoms with Gasteiger partial charge in [-0.1, -0.05) is 75.4 Å². The monoisotopic (exact) mass is 466 g/mol. The van der Waals surface area contributed by atoms with E-state index in [-0.39, 0.29) is 12.5 Å². The van der Waals surface area contributed by atoms with Crippen LogP contribution in [-0.4, -0.2) is 6.67 Å². The van der Waals surface area contributed by atoms with E-state index in [2.05, 4.69) is 37.3 Å². The van der Waals surface area contributed by atoms with Gasteiger partial charge in [-0.05, 0) is 104 Å². The third-order valence-electron chi connectivity index (χ3n) is 8.79. The van der Waals surface area contributed by atoms with Crippen molar-refractivity contribution in [3.63, 3.8) is 0 Å². The maximum Gasteiger partial charge on any atom is 0.131 e. The van der Waals surface area contributed by atoms with Crippen LogP contribution in [0.15, 0.2) is 42.5 Å². The van der Waals surface area contributed by atoms with E-state index < -0.39 is 0 Å². The van der Waals surface area contributed by atoms with E-state index in [4.69, 9.17) is 0 Å². The number of hydrogen-bond donors (Lipinski definition) is 0. The number of halogens is 2. The minimum atomic E-state index is -0.182. The van der Waals surface area contributed by atoms with Crippen molar-refractivity contribution in [2.24, 2.45) is 11.8 Å². The predicted octanol–water partition coefficient (Wildman–Crippen LogP) is 10.4. The Balaban J connectivity index is 1.31. The van der Waals surface area contributed by atoms with Crippen LogP contribution in [0.5, 0.6) is 0 Å². The van der Waals surface area contributed by atoms with Gasteiger partial charge in [-0.15, -0.1) is 0 Å². The molecule has 0 radical (unpaired) electrons. The fraction of sp³-hybridized carbons (Fsp3) is 0.625. The van der Waals surface area contributed by atoms with Crippen molar-refractivity contribution < 1.29 is 8.78 Å². The van der Waals surface area contributed by atoms with Gasteiger partial charge in [0, 0.05) is 5.56 Å². The molecule has 2 aliphatic carbocycles. The lowest BCUT2D eigenvalue weighted by Gasteiger charge is -2.29. The summed E-state index contributed by atoms with van der Waals surface area (Å²) in [7, 11) is 0. The van der Waals surface area contributed by atoms with Crippen LogP contribution in [0.3, 0.4) is 0 Å². The average molecular weight is 467 g/mol. The second-order valence-electron chi connectivity index (χ2n) is 11.1. The summed E-state index contributed by atoms with van der Waals surface area (Å²) in [6, 6.07) is 14.7. The smallest absolute Gasteiger partial charge is 0.131 e. The summed E-state index contributed by atoms with van der Waals surface area (Å²) >= 11 is 0. The van der Waals surface area contributed by atoms with Gasteiger partial charge in [-0.3, -0.25) is 4.39 Å². The SMILES string of the molecule is CCC[C@H]1CC[C@H](c2ccc(-c3ccc([C@H]4CC[C@H](CCCCCF)CC4)cc3F)cc2)CC1. The lowest BCUT2D eigenvalue weighted by atomic mass is 9.76. The van der Waals surface area contributed by atoms with Crippen LogP contribution >= 0.6 is 0 Å². The van der Waals surface area contributed by atoms with Crippen LogP contribution in [0.2, 0.25) is 0 Å². The number of rotatable bonds is 10. The quantitative estimate of drug-likeness (QED) is 0.305. The van der Waals surface area contributed by atoms with Crippen molar-refractivity contribution >= 4 is 0 Å². The van der Waals surface area contributed by atoms with Gasteiger partial charge in [0.25, 0.3) is 0 Å². The molecule has 0 atom stereocenters. The minimum absolute atomic E-state index is 0.0846. The summed E-state index contributed by atoms with van der Waals surface area (Å²) in [6.07, 6.45) is 16.9. The Morgan fingerprint density at radius 3 is 1.85 bits per heavy atom. The Morgan fingerprint density at radius 1 is 0.676 bits per heavy atom. The van der Waals surface area contributed by atoms with E-state index in [0.717, 1.165) is 54.2 Å². The summed E-state index contributed by atoms with van der Waals surface area (Å²) in [5, 5.41) is 0. The Hall–Kier alpha value is -1.70. The van der Waals surface area contributed by atoms with Crippen LogP contribution in [0.1, 0.15) is 120 Å². The molecule has 0 bridgehead atoms. The molecular formula is C32H44F2. The van der Waals surface area contributed by atoms with Gasteiger partial charge in [0.05, 0.1) is 6.67 Å². The molecule has 0 unspecified atom stereocenters. The summed E-state index contributed by atoms with van der Waals surface area (Å²) in [6.45, 7) is 2.11. The fourth-order valence-electron chi connectivity index (χ4n) is 6.64. The predicted molar refractivity (Wildman–Crippen MR) is 141 cm³/mol. The molecule has 2 aromatic carbocycles. The molecule has 2 aromatic rings. The van der Waals surface area contributed by atoms with Gasteiger partial charge in [0.2, 0.25) is 0 Å². The van der Waals surface area contributed by atoms with Crippen molar-refractivity contribution in [2.75, 3.05) is 6.67 Å². The lowest BCUT2D eigenvalue weighted by molar-refractivity contribution is 0.300. The molecule has 4 rings (SSSR count). The second kappa shape index (κ2) is 12.8. The van der Waals surface area contributed by atoms with E-state index in [9.17, 15) is 4.39 Å². The second-order valence-corrected chi connectivity index (χ2v) is 11.1. The molecule has 0 N–H and O–H groups in total. The molecule has 34 heavy (non-hydrogen) atoms. The largest absolute Gasteiger partial charge is 0.251 e. The summed E-state index contributed by atoms with van der Waals surface area (Å²) in [4.78, 5) is 0. The molecule has 0 amide bonds. The summed E-state index contributed by atoms with van der Waals surface area (Å²) in [5.41, 5.74) is 4.31. The number of unbranched alkanes of at least 4 members (excludes halogenated alkanes) is 2. The van der Waals surface area contributed by atoms with Gasteiger partial charge >= 0.3 is 0 Å². The van der Waals surface area contributed by atoms with Crippen LogP contribution in [0.25, 0.3) is 11.1 Å². The van der Waals surface area contributed by atoms with E-state index in [1.165, 1.54) is 63.4 Å². The Kier molecular flexibility index (Phi) is 9.59. The van der Waals surface area contributed by atoms with Crippen LogP contribution in [0, 0.1) is 17.7 Å². The first-order chi connectivity index (χ1) is 16.7.